The molecule has 26 heavy (non-hydrogen) atoms. The van der Waals surface area contributed by atoms with E-state index in [2.05, 4.69) is 66.1 Å². The molecule has 0 fully saturated rings. The van der Waals surface area contributed by atoms with Crippen LogP contribution in [0.3, 0.4) is 0 Å². The van der Waals surface area contributed by atoms with Gasteiger partial charge in [-0.25, -0.2) is 4.99 Å². The fraction of sp³-hybridized carbons (Fsp3) is 0.227. The number of halogens is 1. The van der Waals surface area contributed by atoms with Crippen molar-refractivity contribution in [2.24, 2.45) is 4.99 Å². The molecule has 0 amide bonds. The fourth-order valence-electron chi connectivity index (χ4n) is 3.57. The lowest BCUT2D eigenvalue weighted by molar-refractivity contribution is 0.866. The SMILES string of the molecule is CCN(CC)c1ccc2c(c1)N(c1ccccc1)C1=CC(Cl)=CCC1=N2. The van der Waals surface area contributed by atoms with Crippen LogP contribution in [0.1, 0.15) is 20.3 Å². The zero-order valence-electron chi connectivity index (χ0n) is 15.1. The first-order valence-electron chi connectivity index (χ1n) is 9.10. The van der Waals surface area contributed by atoms with E-state index < -0.39 is 0 Å². The number of aliphatic imine (C=N–C) groups is 1. The molecule has 4 rings (SSSR count). The number of hydrogen-bond donors (Lipinski definition) is 0. The predicted molar refractivity (Wildman–Crippen MR) is 112 cm³/mol. The minimum absolute atomic E-state index is 0.755. The summed E-state index contributed by atoms with van der Waals surface area (Å²) in [5.74, 6) is 0. The molecule has 0 spiro atoms. The summed E-state index contributed by atoms with van der Waals surface area (Å²) in [6, 6.07) is 17.0. The summed E-state index contributed by atoms with van der Waals surface area (Å²) in [5.41, 5.74) is 6.56. The Bertz CT molecular complexity index is 908. The van der Waals surface area contributed by atoms with E-state index in [1.54, 1.807) is 0 Å². The van der Waals surface area contributed by atoms with Crippen molar-refractivity contribution in [3.8, 4) is 0 Å². The van der Waals surface area contributed by atoms with Gasteiger partial charge in [0, 0.05) is 35.9 Å². The molecule has 3 nitrogen and oxygen atoms in total. The fourth-order valence-corrected chi connectivity index (χ4v) is 3.75. The van der Waals surface area contributed by atoms with Crippen LogP contribution in [0.5, 0.6) is 0 Å². The second-order valence-electron chi connectivity index (χ2n) is 6.40. The molecule has 4 heteroatoms. The Morgan fingerprint density at radius 3 is 2.58 bits per heavy atom. The number of benzene rings is 2. The van der Waals surface area contributed by atoms with Gasteiger partial charge >= 0.3 is 0 Å². The van der Waals surface area contributed by atoms with Crippen LogP contribution in [0.4, 0.5) is 22.7 Å². The van der Waals surface area contributed by atoms with Crippen LogP contribution in [0.25, 0.3) is 0 Å². The molecule has 132 valence electrons. The molecule has 2 aromatic rings. The molecule has 1 heterocycles. The van der Waals surface area contributed by atoms with E-state index in [0.29, 0.717) is 0 Å². The highest BCUT2D eigenvalue weighted by molar-refractivity contribution is 6.32. The van der Waals surface area contributed by atoms with Gasteiger partial charge in [0.05, 0.1) is 22.8 Å². The van der Waals surface area contributed by atoms with Crippen LogP contribution in [0.2, 0.25) is 0 Å². The summed E-state index contributed by atoms with van der Waals surface area (Å²) in [6.45, 7) is 6.32. The molecule has 0 saturated heterocycles. The summed E-state index contributed by atoms with van der Waals surface area (Å²) in [6.07, 6.45) is 4.79. The van der Waals surface area contributed by atoms with Crippen molar-refractivity contribution in [1.82, 2.24) is 0 Å². The van der Waals surface area contributed by atoms with Gasteiger partial charge in [0.15, 0.2) is 0 Å². The van der Waals surface area contributed by atoms with Gasteiger partial charge in [-0.05, 0) is 50.3 Å². The van der Waals surface area contributed by atoms with Crippen LogP contribution >= 0.6 is 11.6 Å². The van der Waals surface area contributed by atoms with E-state index in [0.717, 1.165) is 53.0 Å². The summed E-state index contributed by atoms with van der Waals surface area (Å²) < 4.78 is 0. The first-order valence-corrected chi connectivity index (χ1v) is 9.48. The van der Waals surface area contributed by atoms with E-state index in [4.69, 9.17) is 16.6 Å². The molecular formula is C22H22ClN3. The molecule has 2 aromatic carbocycles. The predicted octanol–water partition coefficient (Wildman–Crippen LogP) is 6.17. The molecule has 0 N–H and O–H groups in total. The van der Waals surface area contributed by atoms with Crippen molar-refractivity contribution in [1.29, 1.82) is 0 Å². The third kappa shape index (κ3) is 2.93. The maximum absolute atomic E-state index is 6.34. The maximum atomic E-state index is 6.34. The second kappa shape index (κ2) is 7.00. The summed E-state index contributed by atoms with van der Waals surface area (Å²) in [7, 11) is 0. The minimum Gasteiger partial charge on any atom is -0.372 e. The van der Waals surface area contributed by atoms with Crippen LogP contribution < -0.4 is 9.80 Å². The largest absolute Gasteiger partial charge is 0.372 e. The summed E-state index contributed by atoms with van der Waals surface area (Å²) in [5, 5.41) is 0.767. The number of allylic oxidation sites excluding steroid dienone is 4. The molecule has 0 saturated carbocycles. The lowest BCUT2D eigenvalue weighted by atomic mass is 10.0. The number of para-hydroxylation sites is 1. The molecule has 0 bridgehead atoms. The normalized spacial score (nSPS) is 15.5. The molecule has 1 aliphatic heterocycles. The lowest BCUT2D eigenvalue weighted by Gasteiger charge is -2.35. The smallest absolute Gasteiger partial charge is 0.0876 e. The number of fused-ring (bicyclic) bond motifs is 2. The van der Waals surface area contributed by atoms with Crippen molar-refractivity contribution in [2.45, 2.75) is 20.3 Å². The average molecular weight is 364 g/mol. The minimum atomic E-state index is 0.755. The molecule has 0 aromatic heterocycles. The van der Waals surface area contributed by atoms with Gasteiger partial charge in [0.2, 0.25) is 0 Å². The zero-order chi connectivity index (χ0) is 18.1. The van der Waals surface area contributed by atoms with Crippen molar-refractivity contribution in [3.05, 3.63) is 71.4 Å². The van der Waals surface area contributed by atoms with E-state index in [-0.39, 0.29) is 0 Å². The van der Waals surface area contributed by atoms with E-state index in [1.807, 2.05) is 18.2 Å². The molecule has 0 unspecified atom stereocenters. The lowest BCUT2D eigenvalue weighted by Crippen LogP contribution is -2.28. The van der Waals surface area contributed by atoms with Gasteiger partial charge in [-0.3, -0.25) is 0 Å². The van der Waals surface area contributed by atoms with Crippen molar-refractivity contribution >= 4 is 40.1 Å². The molecule has 0 radical (unpaired) electrons. The number of hydrogen-bond acceptors (Lipinski definition) is 3. The van der Waals surface area contributed by atoms with Crippen LogP contribution in [-0.4, -0.2) is 18.8 Å². The van der Waals surface area contributed by atoms with Crippen LogP contribution in [-0.2, 0) is 0 Å². The Hall–Kier alpha value is -2.52. The van der Waals surface area contributed by atoms with E-state index in [1.165, 1.54) is 5.69 Å². The van der Waals surface area contributed by atoms with E-state index in [9.17, 15) is 0 Å². The summed E-state index contributed by atoms with van der Waals surface area (Å²) in [4.78, 5) is 9.54. The van der Waals surface area contributed by atoms with Crippen molar-refractivity contribution in [2.75, 3.05) is 22.9 Å². The molecular weight excluding hydrogens is 342 g/mol. The topological polar surface area (TPSA) is 18.8 Å². The Labute approximate surface area is 159 Å². The average Bonchev–Trinajstić information content (AvgIpc) is 2.68. The van der Waals surface area contributed by atoms with Crippen LogP contribution in [0.15, 0.2) is 76.4 Å². The van der Waals surface area contributed by atoms with Gasteiger partial charge in [-0.2, -0.15) is 0 Å². The van der Waals surface area contributed by atoms with Crippen molar-refractivity contribution < 1.29 is 0 Å². The highest BCUT2D eigenvalue weighted by atomic mass is 35.5. The monoisotopic (exact) mass is 363 g/mol. The third-order valence-electron chi connectivity index (χ3n) is 4.90. The quantitative estimate of drug-likeness (QED) is 0.647. The number of nitrogens with zero attached hydrogens (tertiary/aromatic N) is 3. The Morgan fingerprint density at radius 2 is 1.85 bits per heavy atom. The highest BCUT2D eigenvalue weighted by Gasteiger charge is 2.28. The first kappa shape index (κ1) is 16.9. The van der Waals surface area contributed by atoms with Crippen LogP contribution in [0, 0.1) is 0 Å². The molecule has 2 aliphatic rings. The molecule has 0 atom stereocenters. The van der Waals surface area contributed by atoms with Gasteiger partial charge < -0.3 is 9.80 Å². The first-order chi connectivity index (χ1) is 12.7. The maximum Gasteiger partial charge on any atom is 0.0876 e. The second-order valence-corrected chi connectivity index (χ2v) is 6.83. The summed E-state index contributed by atoms with van der Waals surface area (Å²) >= 11 is 6.34. The third-order valence-corrected chi connectivity index (χ3v) is 5.16. The van der Waals surface area contributed by atoms with Gasteiger partial charge in [0.25, 0.3) is 0 Å². The Balaban J connectivity index is 1.91. The Kier molecular flexibility index (Phi) is 4.56. The highest BCUT2D eigenvalue weighted by Crippen LogP contribution is 2.45. The van der Waals surface area contributed by atoms with Gasteiger partial charge in [-0.1, -0.05) is 35.9 Å². The van der Waals surface area contributed by atoms with E-state index >= 15 is 0 Å². The molecule has 1 aliphatic carbocycles. The Morgan fingerprint density at radius 1 is 1.08 bits per heavy atom. The van der Waals surface area contributed by atoms with Crippen molar-refractivity contribution in [3.63, 3.8) is 0 Å². The number of anilines is 3. The standard InChI is InChI=1S/C22H22ClN3/c1-3-25(4-2)18-11-13-20-22(15-18)26(17-8-6-5-7-9-17)21-14-16(23)10-12-19(21)24-20/h5-11,13-15H,3-4,12H2,1-2H3. The number of rotatable bonds is 4. The van der Waals surface area contributed by atoms with Gasteiger partial charge in [0.1, 0.15) is 0 Å². The van der Waals surface area contributed by atoms with Gasteiger partial charge in [-0.15, -0.1) is 0 Å². The zero-order valence-corrected chi connectivity index (χ0v) is 15.9.